The Balaban J connectivity index is 0.000000677. The highest BCUT2D eigenvalue weighted by Crippen LogP contribution is 2.40. The van der Waals surface area contributed by atoms with Crippen LogP contribution in [0.5, 0.6) is 0 Å². The SMILES string of the molecule is O=C=O.O=C=O.[C-]#[N+]c1ccc(N2C(=O)OC[C@@H]2C)cc1C(F)(F)F.[C-]#[N+]c1ccc(N[C@@H](C)CO)cc1C(F)(F)F. The Kier molecular flexibility index (Phi) is 14.7. The van der Waals surface area contributed by atoms with Crippen LogP contribution in [0.25, 0.3) is 9.69 Å². The van der Waals surface area contributed by atoms with E-state index in [-0.39, 0.29) is 49.0 Å². The maximum atomic E-state index is 12.8. The van der Waals surface area contributed by atoms with Crippen molar-refractivity contribution in [1.29, 1.82) is 0 Å². The number of anilines is 2. The number of halogens is 6. The molecule has 1 saturated heterocycles. The molecule has 0 aromatic heterocycles. The van der Waals surface area contributed by atoms with Crippen LogP contribution in [0, 0.1) is 13.1 Å². The smallest absolute Gasteiger partial charge is 0.414 e. The summed E-state index contributed by atoms with van der Waals surface area (Å²) in [6.45, 7) is 16.7. The van der Waals surface area contributed by atoms with Crippen molar-refractivity contribution in [3.05, 3.63) is 70.4 Å². The maximum absolute atomic E-state index is 12.8. The molecule has 42 heavy (non-hydrogen) atoms. The average Bonchev–Trinajstić information content (AvgIpc) is 3.26. The second kappa shape index (κ2) is 16.8. The molecule has 3 rings (SSSR count). The number of cyclic esters (lactones) is 1. The number of benzene rings is 2. The summed E-state index contributed by atoms with van der Waals surface area (Å²) in [6.07, 6.45) is -9.38. The fourth-order valence-electron chi connectivity index (χ4n) is 3.15. The largest absolute Gasteiger partial charge is 0.447 e. The molecule has 1 aliphatic rings. The van der Waals surface area contributed by atoms with Crippen molar-refractivity contribution in [3.8, 4) is 0 Å². The predicted molar refractivity (Wildman–Crippen MR) is 129 cm³/mol. The topological polar surface area (TPSA) is 139 Å². The summed E-state index contributed by atoms with van der Waals surface area (Å²) >= 11 is 0. The van der Waals surface area contributed by atoms with E-state index in [1.54, 1.807) is 13.8 Å². The third-order valence-electron chi connectivity index (χ3n) is 4.88. The summed E-state index contributed by atoms with van der Waals surface area (Å²) in [7, 11) is 0. The van der Waals surface area contributed by atoms with Crippen molar-refractivity contribution in [2.24, 2.45) is 0 Å². The molecule has 11 nitrogen and oxygen atoms in total. The molecule has 1 fully saturated rings. The van der Waals surface area contributed by atoms with Gasteiger partial charge < -0.3 is 15.2 Å². The number of aliphatic hydroxyl groups is 1. The first-order valence-corrected chi connectivity index (χ1v) is 11.0. The standard InChI is InChI=1S/C12H9F3N2O2.C11H11F3N2O.2CO2/c1-7-6-19-11(18)17(7)8-3-4-10(16-2)9(5-8)12(13,14)15;1-7(6-17)16-8-3-4-10(15-2)9(5-8)11(12,13)14;2*2-1-3/h3-5,7H,6H2,1H3;3-5,7,16-17H,6H2,1H3;;/t2*7-;;/m00../s1. The molecule has 17 heteroatoms. The predicted octanol–water partition coefficient (Wildman–Crippen LogP) is 5.48. The molecular formula is C25H20F6N4O7. The Labute approximate surface area is 233 Å². The lowest BCUT2D eigenvalue weighted by molar-refractivity contribution is -0.193. The Morgan fingerprint density at radius 3 is 1.81 bits per heavy atom. The van der Waals surface area contributed by atoms with Gasteiger partial charge in [0.05, 0.1) is 36.9 Å². The Morgan fingerprint density at radius 1 is 0.976 bits per heavy atom. The molecule has 0 bridgehead atoms. The van der Waals surface area contributed by atoms with Crippen LogP contribution in [-0.4, -0.2) is 48.8 Å². The van der Waals surface area contributed by atoms with Crippen LogP contribution >= 0.6 is 0 Å². The lowest BCUT2D eigenvalue weighted by Crippen LogP contribution is -2.31. The number of carbonyl (C=O) groups excluding carboxylic acids is 5. The molecule has 2 aromatic carbocycles. The van der Waals surface area contributed by atoms with Gasteiger partial charge in [-0.15, -0.1) is 0 Å². The van der Waals surface area contributed by atoms with Gasteiger partial charge in [0.1, 0.15) is 6.61 Å². The summed E-state index contributed by atoms with van der Waals surface area (Å²) < 4.78 is 81.1. The van der Waals surface area contributed by atoms with E-state index in [2.05, 4.69) is 15.0 Å². The minimum absolute atomic E-state index is 0.0784. The summed E-state index contributed by atoms with van der Waals surface area (Å²) in [5.41, 5.74) is -2.63. The van der Waals surface area contributed by atoms with E-state index in [1.807, 2.05) is 0 Å². The number of nitrogens with zero attached hydrogens (tertiary/aromatic N) is 3. The molecule has 0 spiro atoms. The molecule has 0 unspecified atom stereocenters. The van der Waals surface area contributed by atoms with Crippen molar-refractivity contribution >= 4 is 41.1 Å². The van der Waals surface area contributed by atoms with Crippen molar-refractivity contribution in [2.75, 3.05) is 23.4 Å². The minimum Gasteiger partial charge on any atom is -0.447 e. The van der Waals surface area contributed by atoms with Gasteiger partial charge in [0.2, 0.25) is 0 Å². The monoisotopic (exact) mass is 602 g/mol. The minimum atomic E-state index is -4.64. The zero-order chi connectivity index (χ0) is 32.7. The van der Waals surface area contributed by atoms with Gasteiger partial charge in [0, 0.05) is 17.4 Å². The van der Waals surface area contributed by atoms with Crippen LogP contribution in [0.4, 0.5) is 53.9 Å². The summed E-state index contributed by atoms with van der Waals surface area (Å²) in [5, 5.41) is 11.5. The van der Waals surface area contributed by atoms with Gasteiger partial charge in [-0.2, -0.15) is 45.5 Å². The van der Waals surface area contributed by atoms with Gasteiger partial charge in [0.25, 0.3) is 0 Å². The van der Waals surface area contributed by atoms with Crippen molar-refractivity contribution < 1.29 is 60.2 Å². The third kappa shape index (κ3) is 11.1. The van der Waals surface area contributed by atoms with Gasteiger partial charge in [0.15, 0.2) is 11.4 Å². The molecule has 0 radical (unpaired) electrons. The van der Waals surface area contributed by atoms with Gasteiger partial charge >= 0.3 is 30.7 Å². The fraction of sp³-hybridized carbons (Fsp3) is 0.320. The Hall–Kier alpha value is -5.21. The van der Waals surface area contributed by atoms with Crippen LogP contribution < -0.4 is 10.2 Å². The average molecular weight is 602 g/mol. The number of ether oxygens (including phenoxy) is 1. The first-order valence-electron chi connectivity index (χ1n) is 11.0. The van der Waals surface area contributed by atoms with Crippen LogP contribution in [0.15, 0.2) is 36.4 Å². The first kappa shape index (κ1) is 36.8. The number of aliphatic hydroxyl groups excluding tert-OH is 1. The highest BCUT2D eigenvalue weighted by molar-refractivity contribution is 5.90. The highest BCUT2D eigenvalue weighted by Gasteiger charge is 2.37. The molecule has 0 saturated carbocycles. The Morgan fingerprint density at radius 2 is 1.43 bits per heavy atom. The van der Waals surface area contributed by atoms with Crippen LogP contribution in [-0.2, 0) is 36.3 Å². The van der Waals surface area contributed by atoms with Gasteiger partial charge in [-0.25, -0.2) is 14.5 Å². The second-order valence-corrected chi connectivity index (χ2v) is 7.84. The summed E-state index contributed by atoms with van der Waals surface area (Å²) in [6, 6.07) is 5.85. The zero-order valence-electron chi connectivity index (χ0n) is 21.5. The quantitative estimate of drug-likeness (QED) is 0.347. The molecule has 224 valence electrons. The van der Waals surface area contributed by atoms with Crippen molar-refractivity contribution in [2.45, 2.75) is 38.3 Å². The Bertz CT molecular complexity index is 1360. The van der Waals surface area contributed by atoms with Crippen LogP contribution in [0.2, 0.25) is 0 Å². The molecule has 1 amide bonds. The zero-order valence-corrected chi connectivity index (χ0v) is 21.5. The van der Waals surface area contributed by atoms with E-state index in [0.717, 1.165) is 29.2 Å². The number of rotatable bonds is 4. The highest BCUT2D eigenvalue weighted by atomic mass is 19.4. The maximum Gasteiger partial charge on any atom is 0.414 e. The molecule has 1 aliphatic heterocycles. The summed E-state index contributed by atoms with van der Waals surface area (Å²) in [5.74, 6) is 0. The number of hydrogen-bond acceptors (Lipinski definition) is 8. The molecule has 1 heterocycles. The van der Waals surface area contributed by atoms with Gasteiger partial charge in [-0.05, 0) is 38.1 Å². The fourth-order valence-corrected chi connectivity index (χ4v) is 3.15. The van der Waals surface area contributed by atoms with Crippen molar-refractivity contribution in [1.82, 2.24) is 0 Å². The molecule has 2 aromatic rings. The molecule has 0 aliphatic carbocycles. The van der Waals surface area contributed by atoms with E-state index in [4.69, 9.17) is 42.2 Å². The van der Waals surface area contributed by atoms with Crippen LogP contribution in [0.1, 0.15) is 25.0 Å². The molecule has 2 N–H and O–H groups in total. The number of amides is 1. The molecule has 2 atom stereocenters. The van der Waals surface area contributed by atoms with E-state index >= 15 is 0 Å². The van der Waals surface area contributed by atoms with Crippen LogP contribution in [0.3, 0.4) is 0 Å². The van der Waals surface area contributed by atoms with Crippen molar-refractivity contribution in [3.63, 3.8) is 0 Å². The normalized spacial score (nSPS) is 14.3. The van der Waals surface area contributed by atoms with Gasteiger partial charge in [-0.1, -0.05) is 12.1 Å². The van der Waals surface area contributed by atoms with E-state index in [0.29, 0.717) is 0 Å². The number of hydrogen-bond donors (Lipinski definition) is 2. The number of nitrogens with one attached hydrogen (secondary N) is 1. The number of alkyl halides is 6. The van der Waals surface area contributed by atoms with E-state index in [1.165, 1.54) is 12.1 Å². The molecular weight excluding hydrogens is 582 g/mol. The van der Waals surface area contributed by atoms with Gasteiger partial charge in [-0.3, -0.25) is 4.90 Å². The summed E-state index contributed by atoms with van der Waals surface area (Å²) in [4.78, 5) is 50.8. The van der Waals surface area contributed by atoms with E-state index in [9.17, 15) is 31.1 Å². The first-order chi connectivity index (χ1) is 19.5. The number of carbonyl (C=O) groups is 1. The third-order valence-corrected chi connectivity index (χ3v) is 4.88. The lowest BCUT2D eigenvalue weighted by Gasteiger charge is -2.20. The lowest BCUT2D eigenvalue weighted by atomic mass is 10.1. The van der Waals surface area contributed by atoms with E-state index < -0.39 is 40.9 Å². The second-order valence-electron chi connectivity index (χ2n) is 7.84.